The summed E-state index contributed by atoms with van der Waals surface area (Å²) in [6.07, 6.45) is 1.09. The minimum atomic E-state index is -1.02. The smallest absolute Gasteiger partial charge is 0.240 e. The van der Waals surface area contributed by atoms with Crippen LogP contribution >= 0.6 is 0 Å². The van der Waals surface area contributed by atoms with Crippen LogP contribution in [0.1, 0.15) is 50.7 Å². The zero-order valence-electron chi connectivity index (χ0n) is 17.0. The van der Waals surface area contributed by atoms with Crippen molar-refractivity contribution in [2.75, 3.05) is 17.2 Å². The molecular formula is C23H28N2O3. The van der Waals surface area contributed by atoms with E-state index in [1.54, 1.807) is 12.1 Å². The van der Waals surface area contributed by atoms with Crippen LogP contribution < -0.4 is 15.4 Å². The van der Waals surface area contributed by atoms with E-state index in [2.05, 4.69) is 24.5 Å². The Morgan fingerprint density at radius 2 is 1.71 bits per heavy atom. The van der Waals surface area contributed by atoms with Gasteiger partial charge < -0.3 is 15.4 Å². The van der Waals surface area contributed by atoms with E-state index in [9.17, 15) is 9.59 Å². The van der Waals surface area contributed by atoms with E-state index in [0.717, 1.165) is 16.8 Å². The molecule has 1 aliphatic rings. The summed E-state index contributed by atoms with van der Waals surface area (Å²) in [7, 11) is 0. The molecule has 0 aromatic heterocycles. The van der Waals surface area contributed by atoms with Crippen molar-refractivity contribution >= 4 is 23.2 Å². The number of rotatable bonds is 7. The second-order valence-electron chi connectivity index (χ2n) is 7.61. The van der Waals surface area contributed by atoms with E-state index < -0.39 is 5.41 Å². The zero-order valence-corrected chi connectivity index (χ0v) is 17.0. The Bertz CT molecular complexity index is 885. The molecule has 2 N–H and O–H groups in total. The first-order valence-corrected chi connectivity index (χ1v) is 9.83. The minimum absolute atomic E-state index is 0.241. The number of benzene rings is 2. The predicted octanol–water partition coefficient (Wildman–Crippen LogP) is 4.87. The third-order valence-electron chi connectivity index (χ3n) is 5.22. The highest BCUT2D eigenvalue weighted by Crippen LogP contribution is 2.48. The van der Waals surface area contributed by atoms with E-state index in [1.165, 1.54) is 0 Å². The van der Waals surface area contributed by atoms with Crippen LogP contribution in [0.4, 0.5) is 11.4 Å². The lowest BCUT2D eigenvalue weighted by atomic mass is 9.97. The van der Waals surface area contributed by atoms with Gasteiger partial charge in [0.05, 0.1) is 12.3 Å². The van der Waals surface area contributed by atoms with Gasteiger partial charge in [-0.05, 0) is 55.9 Å². The number of carbonyl (C=O) groups excluding carboxylic acids is 2. The highest BCUT2D eigenvalue weighted by Gasteiger charge is 2.56. The molecule has 1 fully saturated rings. The standard InChI is InChI=1S/C23H28N2O3/c1-5-28-19-12-7-6-11-18(19)24-21(26)23(13-14-23)22(27)25-20-16(4)9-8-10-17(20)15(2)3/h6-12,15H,5,13-14H2,1-4H3,(H,24,26)(H,25,27). The van der Waals surface area contributed by atoms with Crippen LogP contribution in [-0.2, 0) is 9.59 Å². The summed E-state index contributed by atoms with van der Waals surface area (Å²) in [4.78, 5) is 26.0. The number of amides is 2. The second kappa shape index (κ2) is 8.05. The van der Waals surface area contributed by atoms with Crippen molar-refractivity contribution in [3.63, 3.8) is 0 Å². The molecule has 0 heterocycles. The molecule has 0 radical (unpaired) electrons. The van der Waals surface area contributed by atoms with Gasteiger partial charge in [-0.1, -0.05) is 44.2 Å². The Morgan fingerprint density at radius 3 is 2.36 bits per heavy atom. The van der Waals surface area contributed by atoms with Crippen LogP contribution in [0, 0.1) is 12.3 Å². The molecule has 2 aromatic rings. The molecule has 3 rings (SSSR count). The highest BCUT2D eigenvalue weighted by molar-refractivity contribution is 6.17. The second-order valence-corrected chi connectivity index (χ2v) is 7.61. The van der Waals surface area contributed by atoms with Gasteiger partial charge in [-0.3, -0.25) is 9.59 Å². The quantitative estimate of drug-likeness (QED) is 0.673. The van der Waals surface area contributed by atoms with Crippen molar-refractivity contribution in [3.8, 4) is 5.75 Å². The summed E-state index contributed by atoms with van der Waals surface area (Å²) >= 11 is 0. The van der Waals surface area contributed by atoms with Gasteiger partial charge in [0.1, 0.15) is 11.2 Å². The summed E-state index contributed by atoms with van der Waals surface area (Å²) in [6.45, 7) is 8.55. The Morgan fingerprint density at radius 1 is 1.04 bits per heavy atom. The summed E-state index contributed by atoms with van der Waals surface area (Å²) in [6, 6.07) is 13.3. The van der Waals surface area contributed by atoms with Crippen molar-refractivity contribution in [3.05, 3.63) is 53.6 Å². The van der Waals surface area contributed by atoms with Crippen molar-refractivity contribution in [1.82, 2.24) is 0 Å². The number of nitrogens with one attached hydrogen (secondary N) is 2. The first-order valence-electron chi connectivity index (χ1n) is 9.83. The Kier molecular flexibility index (Phi) is 5.73. The van der Waals surface area contributed by atoms with Crippen molar-refractivity contribution in [1.29, 1.82) is 0 Å². The van der Waals surface area contributed by atoms with Gasteiger partial charge in [-0.2, -0.15) is 0 Å². The Labute approximate surface area is 166 Å². The van der Waals surface area contributed by atoms with Crippen LogP contribution in [0.3, 0.4) is 0 Å². The number of hydrogen-bond acceptors (Lipinski definition) is 3. The van der Waals surface area contributed by atoms with Crippen molar-refractivity contribution < 1.29 is 14.3 Å². The van der Waals surface area contributed by atoms with Crippen LogP contribution in [0.15, 0.2) is 42.5 Å². The molecule has 0 saturated heterocycles. The molecule has 5 heteroatoms. The lowest BCUT2D eigenvalue weighted by Gasteiger charge is -2.20. The van der Waals surface area contributed by atoms with E-state index >= 15 is 0 Å². The third-order valence-corrected chi connectivity index (χ3v) is 5.22. The maximum absolute atomic E-state index is 13.1. The molecule has 0 spiro atoms. The van der Waals surface area contributed by atoms with Gasteiger partial charge in [0, 0.05) is 5.69 Å². The Hall–Kier alpha value is -2.82. The summed E-state index contributed by atoms with van der Waals surface area (Å²) in [5.41, 5.74) is 2.46. The van der Waals surface area contributed by atoms with E-state index in [-0.39, 0.29) is 17.7 Å². The molecule has 0 aliphatic heterocycles. The van der Waals surface area contributed by atoms with Crippen LogP contribution in [0.25, 0.3) is 0 Å². The normalized spacial score (nSPS) is 14.5. The minimum Gasteiger partial charge on any atom is -0.492 e. The number of ether oxygens (including phenoxy) is 1. The van der Waals surface area contributed by atoms with Crippen LogP contribution in [-0.4, -0.2) is 18.4 Å². The maximum Gasteiger partial charge on any atom is 0.240 e. The molecular weight excluding hydrogens is 352 g/mol. The number of hydrogen-bond donors (Lipinski definition) is 2. The molecule has 2 amide bonds. The molecule has 1 saturated carbocycles. The fraction of sp³-hybridized carbons (Fsp3) is 0.391. The first-order chi connectivity index (χ1) is 13.4. The molecule has 5 nitrogen and oxygen atoms in total. The van der Waals surface area contributed by atoms with Crippen LogP contribution in [0.5, 0.6) is 5.75 Å². The van der Waals surface area contributed by atoms with Crippen LogP contribution in [0.2, 0.25) is 0 Å². The molecule has 28 heavy (non-hydrogen) atoms. The summed E-state index contributed by atoms with van der Waals surface area (Å²) in [5.74, 6) is 0.361. The lowest BCUT2D eigenvalue weighted by Crippen LogP contribution is -2.36. The summed E-state index contributed by atoms with van der Waals surface area (Å²) < 4.78 is 5.57. The number of anilines is 2. The molecule has 1 aliphatic carbocycles. The maximum atomic E-state index is 13.1. The zero-order chi connectivity index (χ0) is 20.3. The van der Waals surface area contributed by atoms with Crippen molar-refractivity contribution in [2.45, 2.75) is 46.5 Å². The van der Waals surface area contributed by atoms with Crippen molar-refractivity contribution in [2.24, 2.45) is 5.41 Å². The van der Waals surface area contributed by atoms with Gasteiger partial charge in [-0.15, -0.1) is 0 Å². The predicted molar refractivity (Wildman–Crippen MR) is 112 cm³/mol. The van der Waals surface area contributed by atoms with Gasteiger partial charge >= 0.3 is 0 Å². The fourth-order valence-corrected chi connectivity index (χ4v) is 3.35. The number of aryl methyl sites for hydroxylation is 1. The van der Waals surface area contributed by atoms with E-state index in [1.807, 2.05) is 44.2 Å². The molecule has 0 atom stereocenters. The third kappa shape index (κ3) is 3.88. The average Bonchev–Trinajstić information content (AvgIpc) is 3.47. The molecule has 0 unspecified atom stereocenters. The topological polar surface area (TPSA) is 67.4 Å². The van der Waals surface area contributed by atoms with Gasteiger partial charge in [-0.25, -0.2) is 0 Å². The molecule has 2 aromatic carbocycles. The first kappa shape index (κ1) is 19.9. The van der Waals surface area contributed by atoms with Gasteiger partial charge in [0.15, 0.2) is 0 Å². The van der Waals surface area contributed by atoms with E-state index in [0.29, 0.717) is 30.9 Å². The fourth-order valence-electron chi connectivity index (χ4n) is 3.35. The monoisotopic (exact) mass is 380 g/mol. The SMILES string of the molecule is CCOc1ccccc1NC(=O)C1(C(=O)Nc2c(C)cccc2C(C)C)CC1. The van der Waals surface area contributed by atoms with Gasteiger partial charge in [0.25, 0.3) is 0 Å². The van der Waals surface area contributed by atoms with E-state index in [4.69, 9.17) is 4.74 Å². The van der Waals surface area contributed by atoms with Gasteiger partial charge in [0.2, 0.25) is 11.8 Å². The lowest BCUT2D eigenvalue weighted by molar-refractivity contribution is -0.131. The summed E-state index contributed by atoms with van der Waals surface area (Å²) in [5, 5.41) is 5.93. The largest absolute Gasteiger partial charge is 0.492 e. The number of para-hydroxylation sites is 3. The average molecular weight is 380 g/mol. The highest BCUT2D eigenvalue weighted by atomic mass is 16.5. The molecule has 148 valence electrons. The molecule has 0 bridgehead atoms. The Balaban J connectivity index is 1.79. The number of carbonyl (C=O) groups is 2.